The van der Waals surface area contributed by atoms with E-state index in [1.807, 2.05) is 25.1 Å². The van der Waals surface area contributed by atoms with E-state index in [9.17, 15) is 13.2 Å². The van der Waals surface area contributed by atoms with Crippen molar-refractivity contribution in [1.82, 2.24) is 9.97 Å². The van der Waals surface area contributed by atoms with Gasteiger partial charge in [0.15, 0.2) is 10.9 Å². The van der Waals surface area contributed by atoms with E-state index in [2.05, 4.69) is 14.7 Å². The van der Waals surface area contributed by atoms with Crippen molar-refractivity contribution in [3.05, 3.63) is 53.6 Å². The molecule has 0 aliphatic heterocycles. The molecule has 0 aliphatic rings. The summed E-state index contributed by atoms with van der Waals surface area (Å²) in [5.41, 5.74) is 3.92. The van der Waals surface area contributed by atoms with E-state index in [-0.39, 0.29) is 11.5 Å². The number of nitrogens with one attached hydrogen (secondary N) is 2. The van der Waals surface area contributed by atoms with Crippen LogP contribution in [-0.4, -0.2) is 36.2 Å². The Kier molecular flexibility index (Phi) is 4.82. The summed E-state index contributed by atoms with van der Waals surface area (Å²) in [6.45, 7) is 2.01. The quantitative estimate of drug-likeness (QED) is 0.510. The molecule has 130 valence electrons. The number of Topliss-reactive ketones (excluding diaryl/α,β-unsaturated/α-hetero) is 1. The highest BCUT2D eigenvalue weighted by atomic mass is 32.2. The van der Waals surface area contributed by atoms with Gasteiger partial charge < -0.3 is 4.98 Å². The second kappa shape index (κ2) is 6.89. The number of carbonyl (C=O) groups is 1. The lowest BCUT2D eigenvalue weighted by atomic mass is 10.1. The van der Waals surface area contributed by atoms with Gasteiger partial charge in [0.1, 0.15) is 0 Å². The van der Waals surface area contributed by atoms with Gasteiger partial charge in [-0.25, -0.2) is 13.4 Å². The van der Waals surface area contributed by atoms with Crippen molar-refractivity contribution >= 4 is 44.3 Å². The molecular weight excluding hydrogens is 358 g/mol. The number of imidazole rings is 1. The number of aromatic nitrogens is 2. The number of hydrogen-bond acceptors (Lipinski definition) is 5. The van der Waals surface area contributed by atoms with Crippen molar-refractivity contribution in [3.8, 4) is 0 Å². The number of nitrogens with zero attached hydrogens (tertiary/aromatic N) is 1. The third kappa shape index (κ3) is 4.61. The Balaban J connectivity index is 1.65. The lowest BCUT2D eigenvalue weighted by Gasteiger charge is -2.05. The normalized spacial score (nSPS) is 11.6. The smallest absolute Gasteiger partial charge is 0.229 e. The zero-order valence-electron chi connectivity index (χ0n) is 13.7. The van der Waals surface area contributed by atoms with Gasteiger partial charge in [0, 0.05) is 11.3 Å². The van der Waals surface area contributed by atoms with E-state index in [0.29, 0.717) is 16.4 Å². The largest absolute Gasteiger partial charge is 0.333 e. The maximum Gasteiger partial charge on any atom is 0.229 e. The van der Waals surface area contributed by atoms with Crippen molar-refractivity contribution in [1.29, 1.82) is 0 Å². The maximum atomic E-state index is 12.3. The number of rotatable bonds is 6. The van der Waals surface area contributed by atoms with Gasteiger partial charge in [0.05, 0.1) is 23.0 Å². The Hall–Kier alpha value is -2.32. The Bertz CT molecular complexity index is 1020. The monoisotopic (exact) mass is 375 g/mol. The van der Waals surface area contributed by atoms with E-state index in [1.54, 1.807) is 24.3 Å². The highest BCUT2D eigenvalue weighted by Gasteiger charge is 2.10. The van der Waals surface area contributed by atoms with Crippen LogP contribution < -0.4 is 4.72 Å². The molecule has 0 atom stereocenters. The van der Waals surface area contributed by atoms with E-state index < -0.39 is 10.0 Å². The Labute approximate surface area is 150 Å². The fourth-order valence-corrected chi connectivity index (χ4v) is 3.67. The summed E-state index contributed by atoms with van der Waals surface area (Å²) in [6, 6.07) is 12.3. The predicted molar refractivity (Wildman–Crippen MR) is 101 cm³/mol. The number of aromatic amines is 1. The molecular formula is C17H17N3O3S2. The summed E-state index contributed by atoms with van der Waals surface area (Å²) in [5, 5.41) is 0.698. The average molecular weight is 375 g/mol. The van der Waals surface area contributed by atoms with Gasteiger partial charge in [-0.05, 0) is 48.9 Å². The molecule has 3 aromatic rings. The highest BCUT2D eigenvalue weighted by molar-refractivity contribution is 7.99. The molecule has 0 bridgehead atoms. The first-order chi connectivity index (χ1) is 11.8. The zero-order chi connectivity index (χ0) is 18.0. The summed E-state index contributed by atoms with van der Waals surface area (Å²) < 4.78 is 24.7. The predicted octanol–water partition coefficient (Wildman–Crippen LogP) is 3.22. The van der Waals surface area contributed by atoms with Gasteiger partial charge in [0.2, 0.25) is 10.0 Å². The van der Waals surface area contributed by atoms with Crippen LogP contribution in [0.1, 0.15) is 15.9 Å². The molecule has 8 heteroatoms. The van der Waals surface area contributed by atoms with Crippen LogP contribution in [0.5, 0.6) is 0 Å². The Morgan fingerprint density at radius 2 is 1.92 bits per heavy atom. The van der Waals surface area contributed by atoms with E-state index in [0.717, 1.165) is 22.9 Å². The molecule has 0 spiro atoms. The number of ketones is 1. The SMILES string of the molecule is Cc1ccc2nc(SCC(=O)c3ccc(NS(C)(=O)=O)cc3)[nH]c2c1. The van der Waals surface area contributed by atoms with E-state index in [1.165, 1.54) is 11.8 Å². The van der Waals surface area contributed by atoms with Gasteiger partial charge in [0.25, 0.3) is 0 Å². The number of aryl methyl sites for hydroxylation is 1. The molecule has 0 fully saturated rings. The minimum Gasteiger partial charge on any atom is -0.333 e. The van der Waals surface area contributed by atoms with Crippen LogP contribution >= 0.6 is 11.8 Å². The molecule has 0 amide bonds. The third-order valence-electron chi connectivity index (χ3n) is 3.47. The molecule has 0 unspecified atom stereocenters. The van der Waals surface area contributed by atoms with Crippen molar-refractivity contribution in [3.63, 3.8) is 0 Å². The molecule has 3 rings (SSSR count). The van der Waals surface area contributed by atoms with Crippen molar-refractivity contribution in [2.24, 2.45) is 0 Å². The number of carbonyl (C=O) groups excluding carboxylic acids is 1. The minimum absolute atomic E-state index is 0.0486. The molecule has 25 heavy (non-hydrogen) atoms. The van der Waals surface area contributed by atoms with E-state index >= 15 is 0 Å². The Morgan fingerprint density at radius 3 is 2.60 bits per heavy atom. The number of anilines is 1. The van der Waals surface area contributed by atoms with Gasteiger partial charge in [-0.1, -0.05) is 17.8 Å². The summed E-state index contributed by atoms with van der Waals surface area (Å²) in [5.74, 6) is 0.199. The van der Waals surface area contributed by atoms with Crippen LogP contribution in [0.3, 0.4) is 0 Å². The van der Waals surface area contributed by atoms with Crippen LogP contribution in [0.15, 0.2) is 47.6 Å². The highest BCUT2D eigenvalue weighted by Crippen LogP contribution is 2.21. The lowest BCUT2D eigenvalue weighted by Crippen LogP contribution is -2.10. The van der Waals surface area contributed by atoms with Crippen molar-refractivity contribution < 1.29 is 13.2 Å². The molecule has 0 saturated heterocycles. The summed E-state index contributed by atoms with van der Waals surface area (Å²) in [4.78, 5) is 19.9. The summed E-state index contributed by atoms with van der Waals surface area (Å²) >= 11 is 1.34. The number of benzene rings is 2. The first-order valence-corrected chi connectivity index (χ1v) is 10.4. The topological polar surface area (TPSA) is 91.9 Å². The number of fused-ring (bicyclic) bond motifs is 1. The number of hydrogen-bond donors (Lipinski definition) is 2. The van der Waals surface area contributed by atoms with Gasteiger partial charge in [-0.15, -0.1) is 0 Å². The Morgan fingerprint density at radius 1 is 1.20 bits per heavy atom. The summed E-state index contributed by atoms with van der Waals surface area (Å²) in [7, 11) is -3.32. The second-order valence-electron chi connectivity index (χ2n) is 5.73. The number of H-pyrrole nitrogens is 1. The summed E-state index contributed by atoms with van der Waals surface area (Å²) in [6.07, 6.45) is 1.08. The first kappa shape index (κ1) is 17.5. The zero-order valence-corrected chi connectivity index (χ0v) is 15.4. The molecule has 2 N–H and O–H groups in total. The number of sulfonamides is 1. The van der Waals surface area contributed by atoms with Crippen LogP contribution in [0, 0.1) is 6.92 Å². The van der Waals surface area contributed by atoms with Crippen LogP contribution in [0.25, 0.3) is 11.0 Å². The lowest BCUT2D eigenvalue weighted by molar-refractivity contribution is 0.102. The first-order valence-electron chi connectivity index (χ1n) is 7.50. The van der Waals surface area contributed by atoms with Crippen LogP contribution in [-0.2, 0) is 10.0 Å². The van der Waals surface area contributed by atoms with Gasteiger partial charge in [-0.2, -0.15) is 0 Å². The standard InChI is InChI=1S/C17H17N3O3S2/c1-11-3-8-14-15(9-11)19-17(18-14)24-10-16(21)12-4-6-13(7-5-12)20-25(2,22)23/h3-9,20H,10H2,1-2H3,(H,18,19). The van der Waals surface area contributed by atoms with Crippen LogP contribution in [0.4, 0.5) is 5.69 Å². The second-order valence-corrected chi connectivity index (χ2v) is 8.44. The fourth-order valence-electron chi connectivity index (χ4n) is 2.32. The van der Waals surface area contributed by atoms with Gasteiger partial charge >= 0.3 is 0 Å². The van der Waals surface area contributed by atoms with Crippen molar-refractivity contribution in [2.45, 2.75) is 12.1 Å². The number of thioether (sulfide) groups is 1. The maximum absolute atomic E-state index is 12.3. The molecule has 0 saturated carbocycles. The molecule has 0 aliphatic carbocycles. The molecule has 1 aromatic heterocycles. The van der Waals surface area contributed by atoms with E-state index in [4.69, 9.17) is 0 Å². The molecule has 6 nitrogen and oxygen atoms in total. The third-order valence-corrected chi connectivity index (χ3v) is 4.95. The van der Waals surface area contributed by atoms with Gasteiger partial charge in [-0.3, -0.25) is 9.52 Å². The molecule has 1 heterocycles. The average Bonchev–Trinajstić information content (AvgIpc) is 2.93. The molecule has 0 radical (unpaired) electrons. The van der Waals surface area contributed by atoms with Crippen molar-refractivity contribution in [2.75, 3.05) is 16.7 Å². The van der Waals surface area contributed by atoms with Crippen LogP contribution in [0.2, 0.25) is 0 Å². The molecule has 2 aromatic carbocycles. The fraction of sp³-hybridized carbons (Fsp3) is 0.176. The minimum atomic E-state index is -3.32.